The van der Waals surface area contributed by atoms with Crippen molar-refractivity contribution in [3.63, 3.8) is 0 Å². The molecule has 0 fully saturated rings. The fourth-order valence-electron chi connectivity index (χ4n) is 1.69. The molecule has 1 unspecified atom stereocenters. The van der Waals surface area contributed by atoms with Crippen LogP contribution in [0, 0.1) is 17.0 Å². The molecule has 78 valence electrons. The number of fused-ring (bicyclic) bond motifs is 1. The van der Waals surface area contributed by atoms with E-state index in [0.717, 1.165) is 0 Å². The third kappa shape index (κ3) is 1.26. The number of rotatable bonds is 1. The number of carbonyl (C=O) groups is 1. The van der Waals surface area contributed by atoms with Crippen LogP contribution in [-0.2, 0) is 4.79 Å². The second kappa shape index (κ2) is 3.03. The number of hydrogen-bond donors (Lipinski definition) is 2. The van der Waals surface area contributed by atoms with Gasteiger partial charge in [0.15, 0.2) is 0 Å². The Morgan fingerprint density at radius 3 is 2.80 bits per heavy atom. The fraction of sp³-hybridized carbons (Fsp3) is 0.222. The van der Waals surface area contributed by atoms with E-state index >= 15 is 0 Å². The van der Waals surface area contributed by atoms with Crippen LogP contribution >= 0.6 is 0 Å². The molecule has 0 saturated heterocycles. The zero-order valence-corrected chi connectivity index (χ0v) is 7.98. The molecule has 1 aromatic rings. The molecule has 15 heavy (non-hydrogen) atoms. The van der Waals surface area contributed by atoms with Gasteiger partial charge in [-0.2, -0.15) is 0 Å². The Labute approximate surface area is 85.2 Å². The lowest BCUT2D eigenvalue weighted by molar-refractivity contribution is -0.385. The van der Waals surface area contributed by atoms with Gasteiger partial charge in [-0.1, -0.05) is 0 Å². The first kappa shape index (κ1) is 9.60. The summed E-state index contributed by atoms with van der Waals surface area (Å²) >= 11 is 0. The SMILES string of the molecule is Cc1c([N+](=O)[O-])ccc2c1NC(=O)C2N. The lowest BCUT2D eigenvalue weighted by Gasteiger charge is -2.04. The van der Waals surface area contributed by atoms with E-state index in [4.69, 9.17) is 5.73 Å². The number of nitro groups is 1. The van der Waals surface area contributed by atoms with Crippen LogP contribution in [0.4, 0.5) is 11.4 Å². The number of nitro benzene ring substituents is 1. The van der Waals surface area contributed by atoms with Crippen molar-refractivity contribution < 1.29 is 9.72 Å². The van der Waals surface area contributed by atoms with Gasteiger partial charge in [-0.25, -0.2) is 0 Å². The highest BCUT2D eigenvalue weighted by Gasteiger charge is 2.31. The van der Waals surface area contributed by atoms with Crippen molar-refractivity contribution in [3.8, 4) is 0 Å². The van der Waals surface area contributed by atoms with Crippen LogP contribution in [0.15, 0.2) is 12.1 Å². The van der Waals surface area contributed by atoms with Crippen LogP contribution in [0.5, 0.6) is 0 Å². The summed E-state index contributed by atoms with van der Waals surface area (Å²) in [7, 11) is 0. The first-order chi connectivity index (χ1) is 7.02. The summed E-state index contributed by atoms with van der Waals surface area (Å²) in [4.78, 5) is 21.4. The van der Waals surface area contributed by atoms with E-state index < -0.39 is 11.0 Å². The molecule has 2 rings (SSSR count). The van der Waals surface area contributed by atoms with E-state index in [1.807, 2.05) is 0 Å². The minimum absolute atomic E-state index is 0.0110. The predicted octanol–water partition coefficient (Wildman–Crippen LogP) is 0.855. The standard InChI is InChI=1S/C9H9N3O3/c1-4-6(12(14)15)3-2-5-7(10)9(13)11-8(4)5/h2-3,7H,10H2,1H3,(H,11,13). The zero-order valence-electron chi connectivity index (χ0n) is 7.98. The lowest BCUT2D eigenvalue weighted by Crippen LogP contribution is -2.19. The van der Waals surface area contributed by atoms with Crippen molar-refractivity contribution in [1.29, 1.82) is 0 Å². The van der Waals surface area contributed by atoms with E-state index in [9.17, 15) is 14.9 Å². The lowest BCUT2D eigenvalue weighted by atomic mass is 10.0. The van der Waals surface area contributed by atoms with Gasteiger partial charge in [0, 0.05) is 11.6 Å². The first-order valence-electron chi connectivity index (χ1n) is 4.36. The van der Waals surface area contributed by atoms with Crippen LogP contribution < -0.4 is 11.1 Å². The number of carbonyl (C=O) groups excluding carboxylic acids is 1. The number of benzene rings is 1. The number of hydrogen-bond acceptors (Lipinski definition) is 4. The predicted molar refractivity (Wildman–Crippen MR) is 53.4 cm³/mol. The summed E-state index contributed by atoms with van der Waals surface area (Å²) in [6.45, 7) is 1.59. The number of nitrogens with zero attached hydrogens (tertiary/aromatic N) is 1. The van der Waals surface area contributed by atoms with Gasteiger partial charge < -0.3 is 11.1 Å². The molecular formula is C9H9N3O3. The molecule has 0 saturated carbocycles. The number of anilines is 1. The third-order valence-corrected chi connectivity index (χ3v) is 2.53. The van der Waals surface area contributed by atoms with E-state index in [-0.39, 0.29) is 11.6 Å². The van der Waals surface area contributed by atoms with Gasteiger partial charge in [0.2, 0.25) is 5.91 Å². The van der Waals surface area contributed by atoms with Crippen molar-refractivity contribution in [2.45, 2.75) is 13.0 Å². The van der Waals surface area contributed by atoms with Gasteiger partial charge >= 0.3 is 0 Å². The second-order valence-electron chi connectivity index (χ2n) is 3.40. The Kier molecular flexibility index (Phi) is 1.94. The number of nitrogens with two attached hydrogens (primary N) is 1. The maximum Gasteiger partial charge on any atom is 0.274 e. The van der Waals surface area contributed by atoms with Crippen molar-refractivity contribution >= 4 is 17.3 Å². The molecule has 1 aliphatic rings. The normalized spacial score (nSPS) is 18.5. The highest BCUT2D eigenvalue weighted by Crippen LogP contribution is 2.36. The Morgan fingerprint density at radius 1 is 1.53 bits per heavy atom. The molecule has 1 atom stereocenters. The van der Waals surface area contributed by atoms with Gasteiger partial charge in [-0.15, -0.1) is 0 Å². The first-order valence-corrected chi connectivity index (χ1v) is 4.36. The molecule has 1 amide bonds. The average Bonchev–Trinajstić information content (AvgIpc) is 2.45. The smallest absolute Gasteiger partial charge is 0.274 e. The summed E-state index contributed by atoms with van der Waals surface area (Å²) in [5.74, 6) is -0.325. The van der Waals surface area contributed by atoms with Crippen LogP contribution in [0.1, 0.15) is 17.2 Å². The molecule has 0 radical (unpaired) electrons. The molecule has 1 aromatic carbocycles. The Hall–Kier alpha value is -1.95. The van der Waals surface area contributed by atoms with Gasteiger partial charge in [0.25, 0.3) is 5.69 Å². The number of amides is 1. The van der Waals surface area contributed by atoms with Crippen molar-refractivity contribution in [1.82, 2.24) is 0 Å². The summed E-state index contributed by atoms with van der Waals surface area (Å²) in [5, 5.41) is 13.2. The highest BCUT2D eigenvalue weighted by atomic mass is 16.6. The van der Waals surface area contributed by atoms with E-state index in [0.29, 0.717) is 16.8 Å². The minimum atomic E-state index is -0.723. The van der Waals surface area contributed by atoms with Crippen LogP contribution in [0.25, 0.3) is 0 Å². The maximum atomic E-state index is 11.3. The fourth-order valence-corrected chi connectivity index (χ4v) is 1.69. The molecule has 0 aliphatic carbocycles. The summed E-state index contributed by atoms with van der Waals surface area (Å²) < 4.78 is 0. The molecular weight excluding hydrogens is 198 g/mol. The quantitative estimate of drug-likeness (QED) is 0.526. The van der Waals surface area contributed by atoms with Gasteiger partial charge in [-0.3, -0.25) is 14.9 Å². The molecule has 3 N–H and O–H groups in total. The largest absolute Gasteiger partial charge is 0.324 e. The molecule has 0 spiro atoms. The van der Waals surface area contributed by atoms with Gasteiger partial charge in [-0.05, 0) is 13.0 Å². The summed E-state index contributed by atoms with van der Waals surface area (Å²) in [5.41, 5.74) is 7.12. The maximum absolute atomic E-state index is 11.3. The minimum Gasteiger partial charge on any atom is -0.324 e. The molecule has 0 aromatic heterocycles. The zero-order chi connectivity index (χ0) is 11.2. The van der Waals surface area contributed by atoms with E-state index in [1.165, 1.54) is 12.1 Å². The van der Waals surface area contributed by atoms with Crippen molar-refractivity contribution in [2.24, 2.45) is 5.73 Å². The Morgan fingerprint density at radius 2 is 2.20 bits per heavy atom. The molecule has 1 heterocycles. The number of nitrogens with one attached hydrogen (secondary N) is 1. The average molecular weight is 207 g/mol. The topological polar surface area (TPSA) is 98.3 Å². The monoisotopic (exact) mass is 207 g/mol. The van der Waals surface area contributed by atoms with Crippen LogP contribution in [0.2, 0.25) is 0 Å². The van der Waals surface area contributed by atoms with Crippen molar-refractivity contribution in [3.05, 3.63) is 33.4 Å². The third-order valence-electron chi connectivity index (χ3n) is 2.53. The highest BCUT2D eigenvalue weighted by molar-refractivity contribution is 6.03. The van der Waals surface area contributed by atoms with E-state index in [1.54, 1.807) is 6.92 Å². The second-order valence-corrected chi connectivity index (χ2v) is 3.40. The van der Waals surface area contributed by atoms with Crippen LogP contribution in [0.3, 0.4) is 0 Å². The van der Waals surface area contributed by atoms with Crippen LogP contribution in [-0.4, -0.2) is 10.8 Å². The van der Waals surface area contributed by atoms with Crippen molar-refractivity contribution in [2.75, 3.05) is 5.32 Å². The van der Waals surface area contributed by atoms with Gasteiger partial charge in [0.05, 0.1) is 16.2 Å². The molecule has 1 aliphatic heterocycles. The van der Waals surface area contributed by atoms with E-state index in [2.05, 4.69) is 5.32 Å². The molecule has 6 heteroatoms. The molecule has 6 nitrogen and oxygen atoms in total. The van der Waals surface area contributed by atoms with Gasteiger partial charge in [0.1, 0.15) is 6.04 Å². The Balaban J connectivity index is 2.62. The Bertz CT molecular complexity index is 470. The molecule has 0 bridgehead atoms. The summed E-state index contributed by atoms with van der Waals surface area (Å²) in [6.07, 6.45) is 0. The summed E-state index contributed by atoms with van der Waals surface area (Å²) in [6, 6.07) is 2.16.